The van der Waals surface area contributed by atoms with Crippen molar-refractivity contribution in [2.75, 3.05) is 16.8 Å². The van der Waals surface area contributed by atoms with Crippen LogP contribution >= 0.6 is 0 Å². The van der Waals surface area contributed by atoms with Crippen molar-refractivity contribution in [1.82, 2.24) is 0 Å². The fraction of sp³-hybridized carbons (Fsp3) is 0.125. The Hall–Kier alpha value is -2.80. The van der Waals surface area contributed by atoms with Crippen LogP contribution in [-0.4, -0.2) is 12.6 Å². The van der Waals surface area contributed by atoms with Gasteiger partial charge in [0.15, 0.2) is 0 Å². The molecule has 20 heavy (non-hydrogen) atoms. The minimum absolute atomic E-state index is 0.139. The van der Waals surface area contributed by atoms with Crippen molar-refractivity contribution in [3.63, 3.8) is 0 Å². The maximum atomic E-state index is 12.3. The SMILES string of the molecule is N#Cc1ccc(NC(=O)N2CCc3ccccc32)cc1. The number of hydrogen-bond donors (Lipinski definition) is 1. The Kier molecular flexibility index (Phi) is 3.10. The largest absolute Gasteiger partial charge is 0.326 e. The molecule has 0 aliphatic carbocycles. The predicted octanol–water partition coefficient (Wildman–Crippen LogP) is 3.15. The topological polar surface area (TPSA) is 56.1 Å². The van der Waals surface area contributed by atoms with Crippen LogP contribution in [0.15, 0.2) is 48.5 Å². The minimum atomic E-state index is -0.139. The van der Waals surface area contributed by atoms with Gasteiger partial charge in [0.25, 0.3) is 0 Å². The van der Waals surface area contributed by atoms with Crippen LogP contribution < -0.4 is 10.2 Å². The van der Waals surface area contributed by atoms with Crippen molar-refractivity contribution in [3.05, 3.63) is 59.7 Å². The zero-order valence-electron chi connectivity index (χ0n) is 10.8. The van der Waals surface area contributed by atoms with E-state index in [2.05, 4.69) is 11.4 Å². The zero-order valence-corrected chi connectivity index (χ0v) is 10.8. The van der Waals surface area contributed by atoms with E-state index in [4.69, 9.17) is 5.26 Å². The Morgan fingerprint density at radius 2 is 1.90 bits per heavy atom. The number of nitrogens with one attached hydrogen (secondary N) is 1. The highest BCUT2D eigenvalue weighted by molar-refractivity contribution is 6.03. The summed E-state index contributed by atoms with van der Waals surface area (Å²) in [5, 5.41) is 11.6. The molecule has 2 aromatic carbocycles. The molecule has 3 rings (SSSR count). The number of fused-ring (bicyclic) bond motifs is 1. The van der Waals surface area contributed by atoms with Crippen LogP contribution in [0.1, 0.15) is 11.1 Å². The van der Waals surface area contributed by atoms with Gasteiger partial charge in [-0.05, 0) is 42.3 Å². The molecule has 0 radical (unpaired) electrons. The maximum Gasteiger partial charge on any atom is 0.326 e. The van der Waals surface area contributed by atoms with Crippen LogP contribution in [0.3, 0.4) is 0 Å². The third-order valence-electron chi connectivity index (χ3n) is 3.40. The summed E-state index contributed by atoms with van der Waals surface area (Å²) in [5.41, 5.74) is 3.44. The Morgan fingerprint density at radius 3 is 2.65 bits per heavy atom. The third kappa shape index (κ3) is 2.21. The first-order valence-electron chi connectivity index (χ1n) is 6.44. The highest BCUT2D eigenvalue weighted by Gasteiger charge is 2.23. The van der Waals surface area contributed by atoms with E-state index in [0.717, 1.165) is 12.1 Å². The lowest BCUT2D eigenvalue weighted by atomic mass is 10.2. The van der Waals surface area contributed by atoms with E-state index in [-0.39, 0.29) is 6.03 Å². The second kappa shape index (κ2) is 5.06. The van der Waals surface area contributed by atoms with Crippen molar-refractivity contribution >= 4 is 17.4 Å². The van der Waals surface area contributed by atoms with Crippen LogP contribution in [0.25, 0.3) is 0 Å². The average Bonchev–Trinajstić information content (AvgIpc) is 2.92. The molecule has 0 saturated carbocycles. The lowest BCUT2D eigenvalue weighted by molar-refractivity contribution is 0.257. The van der Waals surface area contributed by atoms with Gasteiger partial charge < -0.3 is 5.32 Å². The van der Waals surface area contributed by atoms with E-state index in [1.807, 2.05) is 24.3 Å². The van der Waals surface area contributed by atoms with E-state index < -0.39 is 0 Å². The summed E-state index contributed by atoms with van der Waals surface area (Å²) >= 11 is 0. The van der Waals surface area contributed by atoms with Gasteiger partial charge in [-0.25, -0.2) is 4.79 Å². The number of hydrogen-bond acceptors (Lipinski definition) is 2. The first-order valence-corrected chi connectivity index (χ1v) is 6.44. The molecule has 0 atom stereocenters. The number of nitrogens with zero attached hydrogens (tertiary/aromatic N) is 2. The van der Waals surface area contributed by atoms with Gasteiger partial charge >= 0.3 is 6.03 Å². The molecule has 0 aromatic heterocycles. The molecule has 2 amide bonds. The van der Waals surface area contributed by atoms with Crippen molar-refractivity contribution in [2.24, 2.45) is 0 Å². The first kappa shape index (κ1) is 12.2. The van der Waals surface area contributed by atoms with Crippen molar-refractivity contribution in [2.45, 2.75) is 6.42 Å². The summed E-state index contributed by atoms with van der Waals surface area (Å²) in [7, 11) is 0. The van der Waals surface area contributed by atoms with Crippen LogP contribution in [0.4, 0.5) is 16.2 Å². The van der Waals surface area contributed by atoms with Gasteiger partial charge in [0.2, 0.25) is 0 Å². The number of nitriles is 1. The molecule has 2 aromatic rings. The number of rotatable bonds is 1. The predicted molar refractivity (Wildman–Crippen MR) is 77.7 cm³/mol. The molecular formula is C16H13N3O. The zero-order chi connectivity index (χ0) is 13.9. The second-order valence-corrected chi connectivity index (χ2v) is 4.65. The van der Waals surface area contributed by atoms with E-state index >= 15 is 0 Å². The van der Waals surface area contributed by atoms with E-state index in [1.54, 1.807) is 29.2 Å². The molecule has 4 nitrogen and oxygen atoms in total. The molecule has 4 heteroatoms. The Morgan fingerprint density at radius 1 is 1.15 bits per heavy atom. The fourth-order valence-corrected chi connectivity index (χ4v) is 2.37. The second-order valence-electron chi connectivity index (χ2n) is 4.65. The highest BCUT2D eigenvalue weighted by Crippen LogP contribution is 2.27. The summed E-state index contributed by atoms with van der Waals surface area (Å²) in [6.07, 6.45) is 0.886. The quantitative estimate of drug-likeness (QED) is 0.859. The summed E-state index contributed by atoms with van der Waals surface area (Å²) < 4.78 is 0. The number of anilines is 2. The molecule has 1 heterocycles. The molecular weight excluding hydrogens is 250 g/mol. The normalized spacial score (nSPS) is 12.7. The van der Waals surface area contributed by atoms with Gasteiger partial charge in [0.05, 0.1) is 11.6 Å². The van der Waals surface area contributed by atoms with Gasteiger partial charge in [0.1, 0.15) is 0 Å². The molecule has 0 saturated heterocycles. The molecule has 1 N–H and O–H groups in total. The standard InChI is InChI=1S/C16H13N3O/c17-11-12-5-7-14(8-6-12)18-16(20)19-10-9-13-3-1-2-4-15(13)19/h1-8H,9-10H2,(H,18,20). The number of carbonyl (C=O) groups excluding carboxylic acids is 1. The Labute approximate surface area is 117 Å². The summed E-state index contributed by atoms with van der Waals surface area (Å²) in [5.74, 6) is 0. The number of para-hydroxylation sites is 1. The van der Waals surface area contributed by atoms with Crippen LogP contribution in [0.2, 0.25) is 0 Å². The van der Waals surface area contributed by atoms with E-state index in [9.17, 15) is 4.79 Å². The van der Waals surface area contributed by atoms with Crippen LogP contribution in [-0.2, 0) is 6.42 Å². The van der Waals surface area contributed by atoms with Gasteiger partial charge in [-0.3, -0.25) is 4.90 Å². The lowest BCUT2D eigenvalue weighted by Crippen LogP contribution is -2.33. The molecule has 0 bridgehead atoms. The fourth-order valence-electron chi connectivity index (χ4n) is 2.37. The Bertz CT molecular complexity index is 686. The maximum absolute atomic E-state index is 12.3. The number of urea groups is 1. The average molecular weight is 263 g/mol. The molecule has 0 fully saturated rings. The smallest absolute Gasteiger partial charge is 0.308 e. The lowest BCUT2D eigenvalue weighted by Gasteiger charge is -2.18. The van der Waals surface area contributed by atoms with Gasteiger partial charge in [-0.2, -0.15) is 5.26 Å². The van der Waals surface area contributed by atoms with Gasteiger partial charge in [0, 0.05) is 17.9 Å². The van der Waals surface area contributed by atoms with E-state index in [0.29, 0.717) is 17.8 Å². The third-order valence-corrected chi connectivity index (χ3v) is 3.40. The van der Waals surface area contributed by atoms with Crippen molar-refractivity contribution in [1.29, 1.82) is 5.26 Å². The summed E-state index contributed by atoms with van der Waals surface area (Å²) in [4.78, 5) is 14.0. The monoisotopic (exact) mass is 263 g/mol. The summed E-state index contributed by atoms with van der Waals surface area (Å²) in [6, 6.07) is 16.7. The number of amides is 2. The summed E-state index contributed by atoms with van der Waals surface area (Å²) in [6.45, 7) is 0.696. The van der Waals surface area contributed by atoms with Crippen molar-refractivity contribution < 1.29 is 4.79 Å². The first-order chi connectivity index (χ1) is 9.78. The molecule has 1 aliphatic heterocycles. The van der Waals surface area contributed by atoms with Gasteiger partial charge in [-0.1, -0.05) is 18.2 Å². The molecule has 0 spiro atoms. The Balaban J connectivity index is 1.76. The minimum Gasteiger partial charge on any atom is -0.308 e. The van der Waals surface area contributed by atoms with Gasteiger partial charge in [-0.15, -0.1) is 0 Å². The van der Waals surface area contributed by atoms with E-state index in [1.165, 1.54) is 5.56 Å². The van der Waals surface area contributed by atoms with Crippen LogP contribution in [0.5, 0.6) is 0 Å². The molecule has 1 aliphatic rings. The molecule has 98 valence electrons. The van der Waals surface area contributed by atoms with Crippen molar-refractivity contribution in [3.8, 4) is 6.07 Å². The highest BCUT2D eigenvalue weighted by atomic mass is 16.2. The molecule has 0 unspecified atom stereocenters. The number of carbonyl (C=O) groups is 1. The van der Waals surface area contributed by atoms with Crippen LogP contribution in [0, 0.1) is 11.3 Å². The number of benzene rings is 2.